The minimum atomic E-state index is -3.48. The molecule has 3 aliphatic heterocycles. The molecule has 0 aromatic heterocycles. The monoisotopic (exact) mass is 422 g/mol. The number of amides is 1. The van der Waals surface area contributed by atoms with Crippen LogP contribution < -0.4 is 0 Å². The Balaban J connectivity index is 1.43. The summed E-state index contributed by atoms with van der Waals surface area (Å²) in [6.07, 6.45) is 1.03. The van der Waals surface area contributed by atoms with E-state index in [9.17, 15) is 18.3 Å². The van der Waals surface area contributed by atoms with Crippen molar-refractivity contribution in [1.29, 1.82) is 0 Å². The highest BCUT2D eigenvalue weighted by molar-refractivity contribution is 7.91. The molecule has 3 saturated heterocycles. The zero-order valence-corrected chi connectivity index (χ0v) is 17.7. The number of hydrogen-bond donors (Lipinski definition) is 1. The van der Waals surface area contributed by atoms with E-state index in [2.05, 4.69) is 11.8 Å². The summed E-state index contributed by atoms with van der Waals surface area (Å²) in [6, 6.07) is 8.25. The molecule has 29 heavy (non-hydrogen) atoms. The van der Waals surface area contributed by atoms with Crippen LogP contribution in [0.15, 0.2) is 35.2 Å². The molecule has 0 saturated carbocycles. The molecular formula is C21H30N2O5S. The first-order valence-corrected chi connectivity index (χ1v) is 12.1. The number of nitrogens with zero attached hydrogens (tertiary/aromatic N) is 2. The van der Waals surface area contributed by atoms with Crippen LogP contribution in [0.4, 0.5) is 0 Å². The highest BCUT2D eigenvalue weighted by atomic mass is 32.2. The van der Waals surface area contributed by atoms with Crippen LogP contribution in [0.3, 0.4) is 0 Å². The first-order chi connectivity index (χ1) is 13.9. The van der Waals surface area contributed by atoms with Gasteiger partial charge in [-0.2, -0.15) is 0 Å². The number of benzene rings is 1. The van der Waals surface area contributed by atoms with Crippen LogP contribution in [0.2, 0.25) is 0 Å². The van der Waals surface area contributed by atoms with E-state index in [1.807, 2.05) is 0 Å². The van der Waals surface area contributed by atoms with E-state index < -0.39 is 15.4 Å². The predicted octanol–water partition coefficient (Wildman–Crippen LogP) is 0.781. The van der Waals surface area contributed by atoms with E-state index >= 15 is 0 Å². The lowest BCUT2D eigenvalue weighted by molar-refractivity contribution is -0.138. The van der Waals surface area contributed by atoms with Crippen LogP contribution in [0, 0.1) is 11.8 Å². The summed E-state index contributed by atoms with van der Waals surface area (Å²) in [5, 5.41) is 9.95. The fourth-order valence-corrected chi connectivity index (χ4v) is 6.58. The molecule has 4 rings (SSSR count). The minimum Gasteiger partial charge on any atom is -0.396 e. The van der Waals surface area contributed by atoms with Crippen LogP contribution >= 0.6 is 0 Å². The Bertz CT molecular complexity index is 846. The molecule has 4 atom stereocenters. The number of aliphatic hydroxyl groups excluding tert-OH is 1. The smallest absolute Gasteiger partial charge is 0.223 e. The maximum Gasteiger partial charge on any atom is 0.223 e. The lowest BCUT2D eigenvalue weighted by atomic mass is 9.83. The van der Waals surface area contributed by atoms with Crippen LogP contribution in [0.25, 0.3) is 0 Å². The zero-order valence-electron chi connectivity index (χ0n) is 16.9. The van der Waals surface area contributed by atoms with Gasteiger partial charge in [0.05, 0.1) is 23.3 Å². The molecule has 160 valence electrons. The van der Waals surface area contributed by atoms with Crippen LogP contribution in [-0.2, 0) is 19.4 Å². The molecule has 3 heterocycles. The molecule has 1 N–H and O–H groups in total. The summed E-state index contributed by atoms with van der Waals surface area (Å²) >= 11 is 0. The second kappa shape index (κ2) is 7.98. The van der Waals surface area contributed by atoms with E-state index in [-0.39, 0.29) is 47.5 Å². The molecule has 8 heteroatoms. The molecule has 3 aliphatic rings. The first kappa shape index (κ1) is 20.8. The average Bonchev–Trinajstić information content (AvgIpc) is 3.15. The fraction of sp³-hybridized carbons (Fsp3) is 0.667. The SMILES string of the molecule is CCCN1C[C@H]2O[C@]3(C1)CN(C(=O)CCS(=O)(=O)c1ccccc1)C[C@@H]3[C@@H]2CO. The number of hydrogen-bond acceptors (Lipinski definition) is 6. The highest BCUT2D eigenvalue weighted by Gasteiger charge is 2.62. The molecule has 3 fully saturated rings. The lowest BCUT2D eigenvalue weighted by Gasteiger charge is -2.40. The number of rotatable bonds is 7. The van der Waals surface area contributed by atoms with Gasteiger partial charge in [-0.15, -0.1) is 0 Å². The van der Waals surface area contributed by atoms with Crippen LogP contribution in [-0.4, -0.2) is 86.0 Å². The molecule has 2 bridgehead atoms. The van der Waals surface area contributed by atoms with Crippen molar-refractivity contribution in [1.82, 2.24) is 9.80 Å². The van der Waals surface area contributed by atoms with Crippen molar-refractivity contribution >= 4 is 15.7 Å². The third-order valence-electron chi connectivity index (χ3n) is 6.65. The molecule has 7 nitrogen and oxygen atoms in total. The van der Waals surface area contributed by atoms with E-state index in [1.54, 1.807) is 35.2 Å². The summed E-state index contributed by atoms with van der Waals surface area (Å²) < 4.78 is 31.4. The summed E-state index contributed by atoms with van der Waals surface area (Å²) in [5.74, 6) is -0.215. The summed E-state index contributed by atoms with van der Waals surface area (Å²) in [4.78, 5) is 17.2. The van der Waals surface area contributed by atoms with Gasteiger partial charge in [0, 0.05) is 44.5 Å². The van der Waals surface area contributed by atoms with Gasteiger partial charge < -0.3 is 14.7 Å². The molecule has 1 amide bonds. The van der Waals surface area contributed by atoms with Crippen molar-refractivity contribution < 1.29 is 23.1 Å². The van der Waals surface area contributed by atoms with Gasteiger partial charge >= 0.3 is 0 Å². The van der Waals surface area contributed by atoms with Crippen molar-refractivity contribution in [3.63, 3.8) is 0 Å². The number of aliphatic hydroxyl groups is 1. The molecule has 1 spiro atoms. The summed E-state index contributed by atoms with van der Waals surface area (Å²) in [7, 11) is -3.48. The predicted molar refractivity (Wildman–Crippen MR) is 108 cm³/mol. The topological polar surface area (TPSA) is 87.2 Å². The molecule has 1 aromatic carbocycles. The van der Waals surface area contributed by atoms with Gasteiger partial charge in [-0.1, -0.05) is 25.1 Å². The number of fused-ring (bicyclic) bond motifs is 1. The first-order valence-electron chi connectivity index (χ1n) is 10.4. The molecule has 0 radical (unpaired) electrons. The van der Waals surface area contributed by atoms with E-state index in [4.69, 9.17) is 4.74 Å². The van der Waals surface area contributed by atoms with Gasteiger partial charge in [0.1, 0.15) is 5.60 Å². The second-order valence-electron chi connectivity index (χ2n) is 8.57. The third-order valence-corrected chi connectivity index (χ3v) is 8.38. The zero-order chi connectivity index (χ0) is 20.6. The Labute approximate surface area is 172 Å². The minimum absolute atomic E-state index is 0.0148. The third kappa shape index (κ3) is 3.83. The van der Waals surface area contributed by atoms with E-state index in [0.717, 1.165) is 26.1 Å². The summed E-state index contributed by atoms with van der Waals surface area (Å²) in [6.45, 7) is 5.80. The maximum atomic E-state index is 12.8. The Morgan fingerprint density at radius 3 is 2.69 bits per heavy atom. The number of morpholine rings is 1. The number of carbonyl (C=O) groups is 1. The van der Waals surface area contributed by atoms with Gasteiger partial charge in [0.25, 0.3) is 0 Å². The Hall–Kier alpha value is -1.48. The van der Waals surface area contributed by atoms with Crippen LogP contribution in [0.1, 0.15) is 19.8 Å². The van der Waals surface area contributed by atoms with Crippen molar-refractivity contribution in [2.45, 2.75) is 36.4 Å². The van der Waals surface area contributed by atoms with Crippen molar-refractivity contribution in [2.75, 3.05) is 45.1 Å². The van der Waals surface area contributed by atoms with Gasteiger partial charge in [-0.25, -0.2) is 8.42 Å². The number of carbonyl (C=O) groups excluding carboxylic acids is 1. The largest absolute Gasteiger partial charge is 0.396 e. The molecular weight excluding hydrogens is 392 g/mol. The standard InChI is InChI=1S/C21H30N2O5S/c1-2-9-22-12-19-17(13-24)18-11-23(15-21(18,14-22)28-19)20(25)8-10-29(26,27)16-6-4-3-5-7-16/h3-7,17-19,24H,2,8-15H2,1H3/t17-,18+,19+,21+/m0/s1. The maximum absolute atomic E-state index is 12.8. The van der Waals surface area contributed by atoms with Gasteiger partial charge in [0.15, 0.2) is 9.84 Å². The number of ether oxygens (including phenoxy) is 1. The van der Waals surface area contributed by atoms with Crippen molar-refractivity contribution in [3.8, 4) is 0 Å². The lowest BCUT2D eigenvalue weighted by Crippen LogP contribution is -2.54. The quantitative estimate of drug-likeness (QED) is 0.699. The van der Waals surface area contributed by atoms with Gasteiger partial charge in [-0.05, 0) is 25.1 Å². The van der Waals surface area contributed by atoms with Gasteiger partial charge in [-0.3, -0.25) is 9.69 Å². The van der Waals surface area contributed by atoms with E-state index in [1.165, 1.54) is 0 Å². The average molecular weight is 423 g/mol. The Morgan fingerprint density at radius 1 is 1.24 bits per heavy atom. The van der Waals surface area contributed by atoms with E-state index in [0.29, 0.717) is 13.1 Å². The summed E-state index contributed by atoms with van der Waals surface area (Å²) in [5.41, 5.74) is -0.431. The van der Waals surface area contributed by atoms with Crippen molar-refractivity contribution in [2.24, 2.45) is 11.8 Å². The Kier molecular flexibility index (Phi) is 5.72. The molecule has 0 unspecified atom stereocenters. The normalized spacial score (nSPS) is 31.8. The van der Waals surface area contributed by atoms with Crippen LogP contribution in [0.5, 0.6) is 0 Å². The Morgan fingerprint density at radius 2 is 2.00 bits per heavy atom. The fourth-order valence-electron chi connectivity index (χ4n) is 5.33. The van der Waals surface area contributed by atoms with Gasteiger partial charge in [0.2, 0.25) is 5.91 Å². The highest BCUT2D eigenvalue weighted by Crippen LogP contribution is 2.49. The number of sulfone groups is 1. The number of likely N-dealkylation sites (tertiary alicyclic amines) is 2. The molecule has 1 aromatic rings. The van der Waals surface area contributed by atoms with Crippen molar-refractivity contribution in [3.05, 3.63) is 30.3 Å². The second-order valence-corrected chi connectivity index (χ2v) is 10.7. The molecule has 0 aliphatic carbocycles.